The second-order valence-electron chi connectivity index (χ2n) is 8.79. The third kappa shape index (κ3) is 4.94. The maximum atomic E-state index is 13.6. The highest BCUT2D eigenvalue weighted by Gasteiger charge is 2.22. The fourth-order valence-corrected chi connectivity index (χ4v) is 4.24. The van der Waals surface area contributed by atoms with Gasteiger partial charge in [0.25, 0.3) is 5.91 Å². The Labute approximate surface area is 206 Å². The van der Waals surface area contributed by atoms with Crippen molar-refractivity contribution in [3.8, 4) is 28.6 Å². The van der Waals surface area contributed by atoms with E-state index < -0.39 is 0 Å². The molecule has 0 bridgehead atoms. The normalized spacial score (nSPS) is 10.9. The average Bonchev–Trinajstić information content (AvgIpc) is 3.48. The first kappa shape index (κ1) is 24.1. The van der Waals surface area contributed by atoms with Gasteiger partial charge in [-0.1, -0.05) is 23.8 Å². The molecule has 0 fully saturated rings. The molecule has 7 nitrogen and oxygen atoms in total. The monoisotopic (exact) mass is 472 g/mol. The molecule has 0 atom stereocenters. The molecule has 2 heterocycles. The Morgan fingerprint density at radius 3 is 2.43 bits per heavy atom. The van der Waals surface area contributed by atoms with Crippen LogP contribution in [0.25, 0.3) is 17.1 Å². The first-order valence-electron chi connectivity index (χ1n) is 11.6. The van der Waals surface area contributed by atoms with E-state index in [1.807, 2.05) is 80.3 Å². The third-order valence-corrected chi connectivity index (χ3v) is 6.25. The number of aromatic nitrogens is 3. The largest absolute Gasteiger partial charge is 0.493 e. The Balaban J connectivity index is 1.64. The molecule has 35 heavy (non-hydrogen) atoms. The highest BCUT2D eigenvalue weighted by Crippen LogP contribution is 2.28. The lowest BCUT2D eigenvalue weighted by molar-refractivity contribution is 0.0787. The van der Waals surface area contributed by atoms with Crippen LogP contribution in [-0.2, 0) is 13.5 Å². The number of amides is 1. The number of likely N-dealkylation sites (N-methyl/N-ethyl adjacent to an activating group) is 1. The van der Waals surface area contributed by atoms with E-state index in [4.69, 9.17) is 14.6 Å². The van der Waals surface area contributed by atoms with Crippen molar-refractivity contribution in [1.29, 1.82) is 0 Å². The van der Waals surface area contributed by atoms with Crippen LogP contribution in [0.4, 0.5) is 0 Å². The van der Waals surface area contributed by atoms with Gasteiger partial charge in [-0.05, 0) is 67.8 Å². The van der Waals surface area contributed by atoms with Crippen LogP contribution in [0.3, 0.4) is 0 Å². The van der Waals surface area contributed by atoms with Crippen LogP contribution in [0.1, 0.15) is 27.2 Å². The van der Waals surface area contributed by atoms with E-state index >= 15 is 0 Å². The van der Waals surface area contributed by atoms with E-state index in [9.17, 15) is 4.79 Å². The summed E-state index contributed by atoms with van der Waals surface area (Å²) < 4.78 is 14.5. The predicted octanol–water partition coefficient (Wildman–Crippen LogP) is 4.83. The van der Waals surface area contributed by atoms with Crippen molar-refractivity contribution in [2.75, 3.05) is 27.8 Å². The zero-order chi connectivity index (χ0) is 25.1. The molecule has 4 rings (SSSR count). The molecule has 1 amide bonds. The molecule has 0 unspecified atom stereocenters. The maximum absolute atomic E-state index is 13.6. The van der Waals surface area contributed by atoms with Crippen molar-refractivity contribution < 1.29 is 14.3 Å². The van der Waals surface area contributed by atoms with Crippen molar-refractivity contribution >= 4 is 5.91 Å². The van der Waals surface area contributed by atoms with E-state index in [0.717, 1.165) is 28.2 Å². The fraction of sp³-hybridized carbons (Fsp3) is 0.286. The molecule has 0 saturated carbocycles. The lowest BCUT2D eigenvalue weighted by Gasteiger charge is -2.19. The van der Waals surface area contributed by atoms with Gasteiger partial charge < -0.3 is 18.9 Å². The standard InChI is InChI=1S/C28H32N4O3/c1-19-9-11-23(20(2)16-19)32-25(18-22(29-32)24-8-7-14-30(24)3)28(33)31(4)15-13-21-10-12-26(34-5)27(17-21)35-6/h7-12,14,16-18H,13,15H2,1-6H3. The number of aryl methyl sites for hydroxylation is 3. The molecule has 0 aliphatic rings. The van der Waals surface area contributed by atoms with Gasteiger partial charge in [-0.15, -0.1) is 0 Å². The van der Waals surface area contributed by atoms with Crippen LogP contribution in [0.5, 0.6) is 11.5 Å². The number of hydrogen-bond acceptors (Lipinski definition) is 4. The predicted molar refractivity (Wildman–Crippen MR) is 138 cm³/mol. The Morgan fingerprint density at radius 2 is 1.77 bits per heavy atom. The molecule has 0 aliphatic carbocycles. The first-order valence-corrected chi connectivity index (χ1v) is 11.6. The summed E-state index contributed by atoms with van der Waals surface area (Å²) in [6.07, 6.45) is 2.66. The van der Waals surface area contributed by atoms with Gasteiger partial charge in [-0.25, -0.2) is 4.68 Å². The fourth-order valence-electron chi connectivity index (χ4n) is 4.24. The summed E-state index contributed by atoms with van der Waals surface area (Å²) in [7, 11) is 7.04. The van der Waals surface area contributed by atoms with Crippen LogP contribution in [0.2, 0.25) is 0 Å². The number of rotatable bonds is 8. The van der Waals surface area contributed by atoms with Gasteiger partial charge >= 0.3 is 0 Å². The van der Waals surface area contributed by atoms with E-state index in [1.54, 1.807) is 23.8 Å². The van der Waals surface area contributed by atoms with Gasteiger partial charge in [0.1, 0.15) is 11.4 Å². The molecule has 182 valence electrons. The Hall–Kier alpha value is -4.00. The second kappa shape index (κ2) is 10.1. The van der Waals surface area contributed by atoms with Crippen molar-refractivity contribution in [2.24, 2.45) is 7.05 Å². The van der Waals surface area contributed by atoms with Crippen LogP contribution in [-0.4, -0.2) is 53.0 Å². The zero-order valence-electron chi connectivity index (χ0n) is 21.2. The second-order valence-corrected chi connectivity index (χ2v) is 8.79. The van der Waals surface area contributed by atoms with Gasteiger partial charge in [0.15, 0.2) is 11.5 Å². The summed E-state index contributed by atoms with van der Waals surface area (Å²) in [4.78, 5) is 15.4. The molecule has 2 aromatic carbocycles. The van der Waals surface area contributed by atoms with Gasteiger partial charge in [-0.2, -0.15) is 5.10 Å². The van der Waals surface area contributed by atoms with Gasteiger partial charge in [0.2, 0.25) is 0 Å². The summed E-state index contributed by atoms with van der Waals surface area (Å²) in [6.45, 7) is 4.65. The molecule has 0 spiro atoms. The molecule has 0 aliphatic heterocycles. The van der Waals surface area contributed by atoms with Crippen LogP contribution < -0.4 is 9.47 Å². The van der Waals surface area contributed by atoms with Crippen LogP contribution in [0, 0.1) is 13.8 Å². The molecule has 4 aromatic rings. The van der Waals surface area contributed by atoms with Crippen molar-refractivity contribution in [2.45, 2.75) is 20.3 Å². The lowest BCUT2D eigenvalue weighted by atomic mass is 10.1. The summed E-state index contributed by atoms with van der Waals surface area (Å²) >= 11 is 0. The summed E-state index contributed by atoms with van der Waals surface area (Å²) in [5.74, 6) is 1.28. The smallest absolute Gasteiger partial charge is 0.272 e. The number of ether oxygens (including phenoxy) is 2. The number of carbonyl (C=O) groups is 1. The van der Waals surface area contributed by atoms with E-state index in [2.05, 4.69) is 13.0 Å². The highest BCUT2D eigenvalue weighted by molar-refractivity contribution is 5.94. The first-order chi connectivity index (χ1) is 16.8. The molecular formula is C28H32N4O3. The molecule has 0 N–H and O–H groups in total. The minimum atomic E-state index is -0.0848. The van der Waals surface area contributed by atoms with Gasteiger partial charge in [0, 0.05) is 26.8 Å². The molecule has 0 saturated heterocycles. The molecule has 0 radical (unpaired) electrons. The topological polar surface area (TPSA) is 61.5 Å². The maximum Gasteiger partial charge on any atom is 0.272 e. The van der Waals surface area contributed by atoms with Crippen molar-refractivity contribution in [1.82, 2.24) is 19.2 Å². The SMILES string of the molecule is COc1ccc(CCN(C)C(=O)c2cc(-c3cccn3C)nn2-c2ccc(C)cc2C)cc1OC. The number of benzene rings is 2. The lowest BCUT2D eigenvalue weighted by Crippen LogP contribution is -2.30. The minimum absolute atomic E-state index is 0.0848. The van der Waals surface area contributed by atoms with Gasteiger partial charge in [0.05, 0.1) is 25.6 Å². The van der Waals surface area contributed by atoms with E-state index in [1.165, 1.54) is 5.56 Å². The number of methoxy groups -OCH3 is 2. The summed E-state index contributed by atoms with van der Waals surface area (Å²) in [5, 5.41) is 4.86. The minimum Gasteiger partial charge on any atom is -0.493 e. The number of nitrogens with zero attached hydrogens (tertiary/aromatic N) is 4. The quantitative estimate of drug-likeness (QED) is 0.369. The van der Waals surface area contributed by atoms with Crippen LogP contribution >= 0.6 is 0 Å². The van der Waals surface area contributed by atoms with E-state index in [-0.39, 0.29) is 5.91 Å². The van der Waals surface area contributed by atoms with Crippen LogP contribution in [0.15, 0.2) is 60.8 Å². The Bertz CT molecular complexity index is 1350. The van der Waals surface area contributed by atoms with Gasteiger partial charge in [-0.3, -0.25) is 4.79 Å². The van der Waals surface area contributed by atoms with E-state index in [0.29, 0.717) is 30.2 Å². The highest BCUT2D eigenvalue weighted by atomic mass is 16.5. The van der Waals surface area contributed by atoms with Crippen molar-refractivity contribution in [3.63, 3.8) is 0 Å². The summed E-state index contributed by atoms with van der Waals surface area (Å²) in [6, 6.07) is 17.9. The molecule has 2 aromatic heterocycles. The number of hydrogen-bond donors (Lipinski definition) is 0. The average molecular weight is 473 g/mol. The van der Waals surface area contributed by atoms with Crippen molar-refractivity contribution in [3.05, 3.63) is 83.2 Å². The molecule has 7 heteroatoms. The Kier molecular flexibility index (Phi) is 6.96. The molecular weight excluding hydrogens is 440 g/mol. The number of carbonyl (C=O) groups excluding carboxylic acids is 1. The summed E-state index contributed by atoms with van der Waals surface area (Å²) in [5.41, 5.74) is 6.43. The Morgan fingerprint density at radius 1 is 1.00 bits per heavy atom. The zero-order valence-corrected chi connectivity index (χ0v) is 21.2. The third-order valence-electron chi connectivity index (χ3n) is 6.25.